The number of aliphatic hydroxyl groups excluding tert-OH is 2. The quantitative estimate of drug-likeness (QED) is 0.173. The van der Waals surface area contributed by atoms with E-state index in [9.17, 15) is 24.6 Å². The Morgan fingerprint density at radius 3 is 2.26 bits per heavy atom. The van der Waals surface area contributed by atoms with Crippen LogP contribution in [0.1, 0.15) is 84.1 Å². The van der Waals surface area contributed by atoms with Crippen LogP contribution in [0.3, 0.4) is 0 Å². The molecule has 3 amide bonds. The normalized spacial score (nSPS) is 16.6. The number of benzene rings is 1. The smallest absolute Gasteiger partial charge is 0.243 e. The van der Waals surface area contributed by atoms with Crippen molar-refractivity contribution in [2.75, 3.05) is 33.2 Å². The first-order valence-electron chi connectivity index (χ1n) is 16.9. The third kappa shape index (κ3) is 13.5. The van der Waals surface area contributed by atoms with Crippen LogP contribution in [-0.4, -0.2) is 95.3 Å². The van der Waals surface area contributed by atoms with Crippen LogP contribution in [-0.2, 0) is 20.8 Å². The van der Waals surface area contributed by atoms with Gasteiger partial charge in [-0.1, -0.05) is 76.3 Å². The lowest BCUT2D eigenvalue weighted by Crippen LogP contribution is -2.55. The van der Waals surface area contributed by atoms with Crippen molar-refractivity contribution in [2.45, 2.75) is 109 Å². The van der Waals surface area contributed by atoms with Gasteiger partial charge in [0.15, 0.2) is 0 Å². The van der Waals surface area contributed by atoms with Gasteiger partial charge in [-0.15, -0.1) is 24.2 Å². The Kier molecular flexibility index (Phi) is 18.1. The van der Waals surface area contributed by atoms with Gasteiger partial charge in [-0.2, -0.15) is 0 Å². The van der Waals surface area contributed by atoms with Crippen molar-refractivity contribution < 1.29 is 24.6 Å². The van der Waals surface area contributed by atoms with Crippen LogP contribution in [0.5, 0.6) is 0 Å². The highest BCUT2D eigenvalue weighted by Crippen LogP contribution is 2.28. The third-order valence-corrected chi connectivity index (χ3v) is 9.08. The van der Waals surface area contributed by atoms with E-state index in [2.05, 4.69) is 47.1 Å². The molecule has 0 aromatic heterocycles. The molecule has 4 N–H and O–H groups in total. The van der Waals surface area contributed by atoms with Gasteiger partial charge < -0.3 is 30.6 Å². The molecule has 1 aromatic rings. The van der Waals surface area contributed by atoms with Crippen LogP contribution in [0, 0.1) is 36.0 Å². The minimum Gasteiger partial charge on any atom is -0.389 e. The molecule has 1 aromatic carbocycles. The van der Waals surface area contributed by atoms with Gasteiger partial charge in [0.05, 0.1) is 18.1 Å². The molecule has 2 rings (SSSR count). The van der Waals surface area contributed by atoms with E-state index in [-0.39, 0.29) is 25.2 Å². The second-order valence-electron chi connectivity index (χ2n) is 12.4. The van der Waals surface area contributed by atoms with Gasteiger partial charge in [-0.25, -0.2) is 0 Å². The Hall–Kier alpha value is -3.37. The SMILES string of the molecule is C#CCC(O)C(O)C(CC1CCCCC1)NC(=O)C(CC#CC)NC(=O)C(CC(=O)N(C)CCN(CC)CC)Cc1ccccc1. The van der Waals surface area contributed by atoms with Gasteiger partial charge in [0, 0.05) is 39.4 Å². The minimum absolute atomic E-state index is 0.00935. The van der Waals surface area contributed by atoms with Gasteiger partial charge in [-0.05, 0) is 44.3 Å². The molecule has 5 unspecified atom stereocenters. The van der Waals surface area contributed by atoms with Crippen molar-refractivity contribution >= 4 is 17.7 Å². The first kappa shape index (κ1) is 38.8. The molecule has 0 saturated heterocycles. The van der Waals surface area contributed by atoms with Crippen LogP contribution in [0.15, 0.2) is 30.3 Å². The molecule has 0 heterocycles. The van der Waals surface area contributed by atoms with E-state index in [1.165, 1.54) is 0 Å². The van der Waals surface area contributed by atoms with E-state index >= 15 is 0 Å². The fraction of sp³-hybridized carbons (Fsp3) is 0.649. The molecular weight excluding hydrogens is 580 g/mol. The molecule has 1 saturated carbocycles. The maximum absolute atomic E-state index is 13.8. The number of hydrogen-bond acceptors (Lipinski definition) is 6. The van der Waals surface area contributed by atoms with E-state index < -0.39 is 42.0 Å². The van der Waals surface area contributed by atoms with Crippen LogP contribution in [0.4, 0.5) is 0 Å². The first-order valence-corrected chi connectivity index (χ1v) is 16.9. The standard InChI is InChI=1S/C37H56N4O5/c1-6-10-22-31(37(46)39-32(35(44)33(42)17-7-2)26-29-20-15-12-16-21-29)38-36(45)30(25-28-18-13-11-14-19-28)27-34(43)40(5)23-24-41(8-3)9-4/h2,11,13-14,18-19,29-33,35,42,44H,8-9,12,15-17,20-27H2,1,3-5H3,(H,38,45)(H,39,46). The number of nitrogens with one attached hydrogen (secondary N) is 2. The van der Waals surface area contributed by atoms with Gasteiger partial charge >= 0.3 is 0 Å². The van der Waals surface area contributed by atoms with E-state index in [0.717, 1.165) is 57.3 Å². The molecule has 0 radical (unpaired) electrons. The predicted molar refractivity (Wildman–Crippen MR) is 182 cm³/mol. The van der Waals surface area contributed by atoms with E-state index in [1.54, 1.807) is 18.9 Å². The molecule has 1 fully saturated rings. The van der Waals surface area contributed by atoms with Crippen molar-refractivity contribution in [3.05, 3.63) is 35.9 Å². The van der Waals surface area contributed by atoms with E-state index in [4.69, 9.17) is 6.42 Å². The molecule has 0 bridgehead atoms. The second kappa shape index (κ2) is 21.4. The van der Waals surface area contributed by atoms with Crippen LogP contribution < -0.4 is 10.6 Å². The molecule has 46 heavy (non-hydrogen) atoms. The molecule has 1 aliphatic rings. The fourth-order valence-corrected chi connectivity index (χ4v) is 6.04. The number of rotatable bonds is 19. The average molecular weight is 637 g/mol. The predicted octanol–water partition coefficient (Wildman–Crippen LogP) is 3.13. The summed E-state index contributed by atoms with van der Waals surface area (Å²) in [5, 5.41) is 27.3. The zero-order valence-corrected chi connectivity index (χ0v) is 28.3. The molecule has 5 atom stereocenters. The number of carbonyl (C=O) groups is 3. The topological polar surface area (TPSA) is 122 Å². The summed E-state index contributed by atoms with van der Waals surface area (Å²) in [5.74, 6) is 6.62. The highest BCUT2D eigenvalue weighted by Gasteiger charge is 2.34. The third-order valence-electron chi connectivity index (χ3n) is 9.08. The number of likely N-dealkylation sites (N-methyl/N-ethyl adjacent to an activating group) is 2. The van der Waals surface area contributed by atoms with Gasteiger partial charge in [0.1, 0.15) is 12.1 Å². The molecule has 9 nitrogen and oxygen atoms in total. The van der Waals surface area contributed by atoms with Crippen LogP contribution in [0.25, 0.3) is 0 Å². The van der Waals surface area contributed by atoms with Crippen molar-refractivity contribution in [1.82, 2.24) is 20.4 Å². The number of carbonyl (C=O) groups excluding carboxylic acids is 3. The molecule has 9 heteroatoms. The van der Waals surface area contributed by atoms with E-state index in [0.29, 0.717) is 25.3 Å². The van der Waals surface area contributed by atoms with Crippen LogP contribution in [0.2, 0.25) is 0 Å². The minimum atomic E-state index is -1.26. The Morgan fingerprint density at radius 1 is 0.978 bits per heavy atom. The van der Waals surface area contributed by atoms with Gasteiger partial charge in [-0.3, -0.25) is 14.4 Å². The maximum atomic E-state index is 13.8. The number of amides is 3. The zero-order valence-electron chi connectivity index (χ0n) is 28.3. The first-order chi connectivity index (χ1) is 22.1. The van der Waals surface area contributed by atoms with Crippen molar-refractivity contribution in [2.24, 2.45) is 11.8 Å². The molecule has 1 aliphatic carbocycles. The number of nitrogens with zero attached hydrogens (tertiary/aromatic N) is 2. The van der Waals surface area contributed by atoms with Crippen molar-refractivity contribution in [1.29, 1.82) is 0 Å². The summed E-state index contributed by atoms with van der Waals surface area (Å²) in [6.07, 6.45) is 9.10. The monoisotopic (exact) mass is 636 g/mol. The Morgan fingerprint density at radius 2 is 1.65 bits per heavy atom. The highest BCUT2D eigenvalue weighted by molar-refractivity contribution is 5.91. The Bertz CT molecular complexity index is 1160. The average Bonchev–Trinajstić information content (AvgIpc) is 3.06. The van der Waals surface area contributed by atoms with Crippen molar-refractivity contribution in [3.63, 3.8) is 0 Å². The second-order valence-corrected chi connectivity index (χ2v) is 12.4. The Labute approximate surface area is 276 Å². The largest absolute Gasteiger partial charge is 0.389 e. The molecular formula is C37H56N4O5. The highest BCUT2D eigenvalue weighted by atomic mass is 16.3. The molecule has 0 spiro atoms. The maximum Gasteiger partial charge on any atom is 0.243 e. The van der Waals surface area contributed by atoms with E-state index in [1.807, 2.05) is 30.3 Å². The van der Waals surface area contributed by atoms with Gasteiger partial charge in [0.25, 0.3) is 0 Å². The Balaban J connectivity index is 2.24. The molecule has 254 valence electrons. The summed E-state index contributed by atoms with van der Waals surface area (Å²) in [4.78, 5) is 44.8. The summed E-state index contributed by atoms with van der Waals surface area (Å²) in [7, 11) is 1.75. The number of hydrogen-bond donors (Lipinski definition) is 4. The number of terminal acetylenes is 1. The zero-order chi connectivity index (χ0) is 33.9. The lowest BCUT2D eigenvalue weighted by atomic mass is 9.82. The van der Waals surface area contributed by atoms with Crippen molar-refractivity contribution in [3.8, 4) is 24.2 Å². The number of aliphatic hydroxyl groups is 2. The molecule has 0 aliphatic heterocycles. The fourth-order valence-electron chi connectivity index (χ4n) is 6.04. The summed E-state index contributed by atoms with van der Waals surface area (Å²) >= 11 is 0. The lowest BCUT2D eigenvalue weighted by molar-refractivity contribution is -0.137. The summed E-state index contributed by atoms with van der Waals surface area (Å²) in [6, 6.07) is 7.76. The van der Waals surface area contributed by atoms with Gasteiger partial charge in [0.2, 0.25) is 17.7 Å². The lowest BCUT2D eigenvalue weighted by Gasteiger charge is -2.33. The summed E-state index contributed by atoms with van der Waals surface area (Å²) in [6.45, 7) is 8.90. The summed E-state index contributed by atoms with van der Waals surface area (Å²) in [5.41, 5.74) is 0.911. The van der Waals surface area contributed by atoms with Crippen LogP contribution >= 0.6 is 0 Å². The summed E-state index contributed by atoms with van der Waals surface area (Å²) < 4.78 is 0.